The Labute approximate surface area is 110 Å². The Kier molecular flexibility index (Phi) is 3.92. The lowest BCUT2D eigenvalue weighted by Crippen LogP contribution is -2.25. The number of aliphatic hydroxyl groups is 1. The van der Waals surface area contributed by atoms with E-state index in [2.05, 4.69) is 0 Å². The number of benzene rings is 1. The molecule has 3 N–H and O–H groups in total. The van der Waals surface area contributed by atoms with Crippen LogP contribution in [0.25, 0.3) is 0 Å². The van der Waals surface area contributed by atoms with E-state index in [9.17, 15) is 15.0 Å². The number of rotatable bonds is 4. The molecule has 1 aliphatic rings. The van der Waals surface area contributed by atoms with Gasteiger partial charge in [-0.05, 0) is 17.7 Å². The molecule has 0 amide bonds. The van der Waals surface area contributed by atoms with Crippen molar-refractivity contribution in [3.05, 3.63) is 23.8 Å². The lowest BCUT2D eigenvalue weighted by molar-refractivity contribution is -0.143. The number of aliphatic hydroxyl groups excluding tert-OH is 1. The zero-order valence-corrected chi connectivity index (χ0v) is 10.4. The number of methoxy groups -OCH3 is 1. The number of aliphatic carboxylic acids is 1. The van der Waals surface area contributed by atoms with Crippen molar-refractivity contribution in [1.82, 2.24) is 0 Å². The van der Waals surface area contributed by atoms with Gasteiger partial charge in [0.15, 0.2) is 11.5 Å². The van der Waals surface area contributed by atoms with Crippen LogP contribution in [-0.4, -0.2) is 41.6 Å². The number of phenols is 1. The summed E-state index contributed by atoms with van der Waals surface area (Å²) in [5.74, 6) is -1.93. The summed E-state index contributed by atoms with van der Waals surface area (Å²) in [5.41, 5.74) is 0.678. The van der Waals surface area contributed by atoms with Crippen molar-refractivity contribution in [1.29, 1.82) is 0 Å². The SMILES string of the molecule is COc1cc(C2OCC(C(=O)O)C2CO)ccc1O. The van der Waals surface area contributed by atoms with Gasteiger partial charge in [0, 0.05) is 12.5 Å². The van der Waals surface area contributed by atoms with Crippen molar-refractivity contribution in [2.45, 2.75) is 6.10 Å². The summed E-state index contributed by atoms with van der Waals surface area (Å²) in [6, 6.07) is 4.68. The van der Waals surface area contributed by atoms with E-state index in [-0.39, 0.29) is 24.7 Å². The minimum absolute atomic E-state index is 0.000389. The number of carboxylic acid groups (broad SMARTS) is 1. The number of hydrogen-bond donors (Lipinski definition) is 3. The molecule has 6 heteroatoms. The highest BCUT2D eigenvalue weighted by Crippen LogP contribution is 2.40. The van der Waals surface area contributed by atoms with Gasteiger partial charge in [0.05, 0.1) is 25.7 Å². The molecule has 0 aromatic heterocycles. The first-order chi connectivity index (χ1) is 9.08. The maximum absolute atomic E-state index is 11.1. The van der Waals surface area contributed by atoms with E-state index in [4.69, 9.17) is 14.6 Å². The smallest absolute Gasteiger partial charge is 0.309 e. The normalized spacial score (nSPS) is 26.3. The van der Waals surface area contributed by atoms with Crippen LogP contribution in [-0.2, 0) is 9.53 Å². The predicted octanol–water partition coefficient (Wildman–Crippen LogP) is 0.781. The monoisotopic (exact) mass is 268 g/mol. The van der Waals surface area contributed by atoms with Crippen LogP contribution in [0.2, 0.25) is 0 Å². The van der Waals surface area contributed by atoms with E-state index in [0.717, 1.165) is 0 Å². The molecule has 1 aromatic carbocycles. The molecule has 2 rings (SSSR count). The minimum atomic E-state index is -0.979. The number of carbonyl (C=O) groups is 1. The third-order valence-electron chi connectivity index (χ3n) is 3.42. The van der Waals surface area contributed by atoms with Crippen molar-refractivity contribution in [3.63, 3.8) is 0 Å². The summed E-state index contributed by atoms with van der Waals surface area (Å²) in [5, 5.41) is 28.0. The summed E-state index contributed by atoms with van der Waals surface area (Å²) >= 11 is 0. The molecule has 1 fully saturated rings. The third-order valence-corrected chi connectivity index (χ3v) is 3.42. The van der Waals surface area contributed by atoms with Crippen molar-refractivity contribution in [2.75, 3.05) is 20.3 Å². The fourth-order valence-electron chi connectivity index (χ4n) is 2.36. The van der Waals surface area contributed by atoms with E-state index in [0.29, 0.717) is 5.56 Å². The topological polar surface area (TPSA) is 96.2 Å². The Bertz CT molecular complexity index is 472. The van der Waals surface area contributed by atoms with Crippen molar-refractivity contribution < 1.29 is 29.6 Å². The standard InChI is InChI=1S/C13H16O6/c1-18-11-4-7(2-3-10(11)15)12-8(5-14)9(6-19-12)13(16)17/h2-4,8-9,12,14-15H,5-6H2,1H3,(H,16,17). The van der Waals surface area contributed by atoms with Gasteiger partial charge < -0.3 is 24.8 Å². The van der Waals surface area contributed by atoms with Gasteiger partial charge in [-0.15, -0.1) is 0 Å². The molecule has 1 aliphatic heterocycles. The van der Waals surface area contributed by atoms with E-state index in [1.54, 1.807) is 12.1 Å². The molecule has 0 aliphatic carbocycles. The van der Waals surface area contributed by atoms with Crippen LogP contribution in [0.3, 0.4) is 0 Å². The number of carboxylic acids is 1. The van der Waals surface area contributed by atoms with E-state index < -0.39 is 23.9 Å². The molecule has 1 saturated heterocycles. The van der Waals surface area contributed by atoms with Crippen LogP contribution in [0.5, 0.6) is 11.5 Å². The average molecular weight is 268 g/mol. The summed E-state index contributed by atoms with van der Waals surface area (Å²) in [6.07, 6.45) is -0.513. The summed E-state index contributed by atoms with van der Waals surface area (Å²) in [6.45, 7) is -0.209. The summed E-state index contributed by atoms with van der Waals surface area (Å²) in [4.78, 5) is 11.1. The van der Waals surface area contributed by atoms with Crippen molar-refractivity contribution in [2.24, 2.45) is 11.8 Å². The van der Waals surface area contributed by atoms with E-state index in [1.807, 2.05) is 0 Å². The molecule has 1 heterocycles. The van der Waals surface area contributed by atoms with E-state index in [1.165, 1.54) is 13.2 Å². The predicted molar refractivity (Wildman–Crippen MR) is 65.1 cm³/mol. The largest absolute Gasteiger partial charge is 0.504 e. The lowest BCUT2D eigenvalue weighted by Gasteiger charge is -2.19. The fraction of sp³-hybridized carbons (Fsp3) is 0.462. The van der Waals surface area contributed by atoms with E-state index >= 15 is 0 Å². The zero-order valence-electron chi connectivity index (χ0n) is 10.4. The Morgan fingerprint density at radius 2 is 2.26 bits per heavy atom. The van der Waals surface area contributed by atoms with Gasteiger partial charge in [-0.3, -0.25) is 4.79 Å². The second-order valence-electron chi connectivity index (χ2n) is 4.48. The van der Waals surface area contributed by atoms with Gasteiger partial charge in [0.25, 0.3) is 0 Å². The highest BCUT2D eigenvalue weighted by Gasteiger charge is 2.42. The lowest BCUT2D eigenvalue weighted by atomic mass is 9.88. The quantitative estimate of drug-likeness (QED) is 0.746. The Morgan fingerprint density at radius 1 is 1.53 bits per heavy atom. The number of hydrogen-bond acceptors (Lipinski definition) is 5. The zero-order chi connectivity index (χ0) is 14.0. The first kappa shape index (κ1) is 13.6. The van der Waals surface area contributed by atoms with Gasteiger partial charge in [0.1, 0.15) is 0 Å². The first-order valence-corrected chi connectivity index (χ1v) is 5.90. The summed E-state index contributed by atoms with van der Waals surface area (Å²) < 4.78 is 10.5. The second-order valence-corrected chi connectivity index (χ2v) is 4.48. The Hall–Kier alpha value is -1.79. The molecule has 6 nitrogen and oxygen atoms in total. The van der Waals surface area contributed by atoms with Crippen LogP contribution >= 0.6 is 0 Å². The first-order valence-electron chi connectivity index (χ1n) is 5.90. The van der Waals surface area contributed by atoms with Crippen LogP contribution < -0.4 is 4.74 Å². The van der Waals surface area contributed by atoms with Gasteiger partial charge in [0.2, 0.25) is 0 Å². The highest BCUT2D eigenvalue weighted by atomic mass is 16.5. The van der Waals surface area contributed by atoms with Crippen LogP contribution in [0, 0.1) is 11.8 Å². The third kappa shape index (κ3) is 2.50. The molecule has 1 aromatic rings. The second kappa shape index (κ2) is 5.46. The maximum atomic E-state index is 11.1. The van der Waals surface area contributed by atoms with Crippen LogP contribution in [0.4, 0.5) is 0 Å². The van der Waals surface area contributed by atoms with Gasteiger partial charge in [-0.2, -0.15) is 0 Å². The molecule has 19 heavy (non-hydrogen) atoms. The fourth-order valence-corrected chi connectivity index (χ4v) is 2.36. The Balaban J connectivity index is 2.29. The molecule has 3 unspecified atom stereocenters. The number of ether oxygens (including phenoxy) is 2. The molecule has 104 valence electrons. The molecule has 0 bridgehead atoms. The highest BCUT2D eigenvalue weighted by molar-refractivity contribution is 5.71. The van der Waals surface area contributed by atoms with Crippen molar-refractivity contribution >= 4 is 5.97 Å². The van der Waals surface area contributed by atoms with Crippen molar-refractivity contribution in [3.8, 4) is 11.5 Å². The molecule has 3 atom stereocenters. The maximum Gasteiger partial charge on any atom is 0.309 e. The van der Waals surface area contributed by atoms with Crippen LogP contribution in [0.15, 0.2) is 18.2 Å². The number of aromatic hydroxyl groups is 1. The average Bonchev–Trinajstić information content (AvgIpc) is 2.83. The molecule has 0 radical (unpaired) electrons. The van der Waals surface area contributed by atoms with Crippen LogP contribution in [0.1, 0.15) is 11.7 Å². The van der Waals surface area contributed by atoms with Gasteiger partial charge in [-0.25, -0.2) is 0 Å². The molecule has 0 saturated carbocycles. The Morgan fingerprint density at radius 3 is 2.84 bits per heavy atom. The molecular weight excluding hydrogens is 252 g/mol. The molecular formula is C13H16O6. The van der Waals surface area contributed by atoms with Gasteiger partial charge in [-0.1, -0.05) is 6.07 Å². The van der Waals surface area contributed by atoms with Gasteiger partial charge >= 0.3 is 5.97 Å². The molecule has 0 spiro atoms. The minimum Gasteiger partial charge on any atom is -0.504 e. The summed E-state index contributed by atoms with van der Waals surface area (Å²) in [7, 11) is 1.43. The number of phenolic OH excluding ortho intramolecular Hbond substituents is 1.